The summed E-state index contributed by atoms with van der Waals surface area (Å²) in [5.74, 6) is 0. The molecule has 1 N–H and O–H groups in total. The van der Waals surface area contributed by atoms with Gasteiger partial charge < -0.3 is 4.74 Å². The second-order valence-electron chi connectivity index (χ2n) is 6.09. The Labute approximate surface area is 127 Å². The third-order valence-electron chi connectivity index (χ3n) is 3.81. The maximum atomic E-state index is 12.3. The predicted molar refractivity (Wildman–Crippen MR) is 83.5 cm³/mol. The van der Waals surface area contributed by atoms with Crippen molar-refractivity contribution < 1.29 is 13.2 Å². The van der Waals surface area contributed by atoms with E-state index in [1.54, 1.807) is 0 Å². The van der Waals surface area contributed by atoms with Crippen LogP contribution in [-0.4, -0.2) is 45.6 Å². The standard InChI is InChI=1S/C15H24N2O3S/c1-13-5-4-6-14(11-13)15(2,3)12-16-21(18,19)17-7-9-20-10-8-17/h4-6,11,16H,7-10,12H2,1-3H3. The van der Waals surface area contributed by atoms with Crippen molar-refractivity contribution in [1.82, 2.24) is 9.03 Å². The average Bonchev–Trinajstić information content (AvgIpc) is 2.46. The van der Waals surface area contributed by atoms with Gasteiger partial charge >= 0.3 is 0 Å². The maximum absolute atomic E-state index is 12.3. The van der Waals surface area contributed by atoms with Gasteiger partial charge in [0.15, 0.2) is 0 Å². The van der Waals surface area contributed by atoms with Crippen molar-refractivity contribution >= 4 is 10.2 Å². The van der Waals surface area contributed by atoms with Gasteiger partial charge in [0.1, 0.15) is 0 Å². The molecule has 21 heavy (non-hydrogen) atoms. The Morgan fingerprint density at radius 2 is 1.95 bits per heavy atom. The Morgan fingerprint density at radius 1 is 1.29 bits per heavy atom. The van der Waals surface area contributed by atoms with Crippen LogP contribution in [0.25, 0.3) is 0 Å². The lowest BCUT2D eigenvalue weighted by molar-refractivity contribution is 0.0724. The molecule has 0 spiro atoms. The summed E-state index contributed by atoms with van der Waals surface area (Å²) in [4.78, 5) is 0. The average molecular weight is 312 g/mol. The molecular formula is C15H24N2O3S. The first-order valence-corrected chi connectivity index (χ1v) is 8.65. The fraction of sp³-hybridized carbons (Fsp3) is 0.600. The Kier molecular flexibility index (Phi) is 5.03. The van der Waals surface area contributed by atoms with Crippen LogP contribution in [0.4, 0.5) is 0 Å². The molecular weight excluding hydrogens is 288 g/mol. The Morgan fingerprint density at radius 3 is 2.57 bits per heavy atom. The van der Waals surface area contributed by atoms with Crippen molar-refractivity contribution in [1.29, 1.82) is 0 Å². The van der Waals surface area contributed by atoms with Crippen LogP contribution in [-0.2, 0) is 20.4 Å². The van der Waals surface area contributed by atoms with E-state index < -0.39 is 10.2 Å². The number of nitrogens with zero attached hydrogens (tertiary/aromatic N) is 1. The summed E-state index contributed by atoms with van der Waals surface area (Å²) < 4.78 is 33.9. The molecule has 1 aliphatic heterocycles. The van der Waals surface area contributed by atoms with E-state index in [0.717, 1.165) is 5.56 Å². The lowest BCUT2D eigenvalue weighted by atomic mass is 9.84. The molecule has 0 amide bonds. The first kappa shape index (κ1) is 16.4. The Balaban J connectivity index is 2.03. The monoisotopic (exact) mass is 312 g/mol. The summed E-state index contributed by atoms with van der Waals surface area (Å²) in [5, 5.41) is 0. The molecule has 1 aromatic carbocycles. The molecule has 1 fully saturated rings. The number of nitrogens with one attached hydrogen (secondary N) is 1. The lowest BCUT2D eigenvalue weighted by Gasteiger charge is -2.30. The van der Waals surface area contributed by atoms with Crippen LogP contribution in [0.2, 0.25) is 0 Å². The smallest absolute Gasteiger partial charge is 0.279 e. The first-order valence-electron chi connectivity index (χ1n) is 7.21. The van der Waals surface area contributed by atoms with E-state index in [-0.39, 0.29) is 5.41 Å². The zero-order chi connectivity index (χ0) is 15.5. The van der Waals surface area contributed by atoms with Gasteiger partial charge in [0.05, 0.1) is 13.2 Å². The van der Waals surface area contributed by atoms with E-state index in [1.807, 2.05) is 39.0 Å². The van der Waals surface area contributed by atoms with Crippen LogP contribution >= 0.6 is 0 Å². The van der Waals surface area contributed by atoms with E-state index in [4.69, 9.17) is 4.74 Å². The van der Waals surface area contributed by atoms with Gasteiger partial charge in [-0.1, -0.05) is 43.7 Å². The molecule has 0 aromatic heterocycles. The molecule has 1 saturated heterocycles. The van der Waals surface area contributed by atoms with E-state index >= 15 is 0 Å². The summed E-state index contributed by atoms with van der Waals surface area (Å²) in [6.45, 7) is 8.26. The van der Waals surface area contributed by atoms with E-state index in [1.165, 1.54) is 9.87 Å². The number of morpholine rings is 1. The molecule has 2 rings (SSSR count). The van der Waals surface area contributed by atoms with Crippen molar-refractivity contribution in [3.05, 3.63) is 35.4 Å². The summed E-state index contributed by atoms with van der Waals surface area (Å²) in [5.41, 5.74) is 2.05. The number of hydrogen-bond acceptors (Lipinski definition) is 3. The molecule has 0 saturated carbocycles. The highest BCUT2D eigenvalue weighted by Crippen LogP contribution is 2.23. The number of hydrogen-bond donors (Lipinski definition) is 1. The van der Waals surface area contributed by atoms with Crippen LogP contribution in [0.15, 0.2) is 24.3 Å². The molecule has 1 aliphatic rings. The van der Waals surface area contributed by atoms with E-state index in [9.17, 15) is 8.42 Å². The zero-order valence-corrected chi connectivity index (χ0v) is 13.7. The molecule has 118 valence electrons. The molecule has 0 unspecified atom stereocenters. The topological polar surface area (TPSA) is 58.6 Å². The Hall–Kier alpha value is -0.950. The van der Waals surface area contributed by atoms with Gasteiger partial charge in [0, 0.05) is 25.0 Å². The van der Waals surface area contributed by atoms with Gasteiger partial charge in [-0.25, -0.2) is 4.72 Å². The second kappa shape index (κ2) is 6.44. The van der Waals surface area contributed by atoms with Gasteiger partial charge in [0.25, 0.3) is 10.2 Å². The highest BCUT2D eigenvalue weighted by Gasteiger charge is 2.28. The molecule has 0 atom stereocenters. The van der Waals surface area contributed by atoms with Gasteiger partial charge in [-0.2, -0.15) is 12.7 Å². The zero-order valence-electron chi connectivity index (χ0n) is 12.9. The molecule has 1 aromatic rings. The lowest BCUT2D eigenvalue weighted by Crippen LogP contribution is -2.49. The van der Waals surface area contributed by atoms with Gasteiger partial charge in [-0.05, 0) is 12.5 Å². The van der Waals surface area contributed by atoms with Crippen molar-refractivity contribution in [2.45, 2.75) is 26.2 Å². The van der Waals surface area contributed by atoms with Crippen molar-refractivity contribution in [2.75, 3.05) is 32.8 Å². The molecule has 0 aliphatic carbocycles. The van der Waals surface area contributed by atoms with Crippen LogP contribution < -0.4 is 4.72 Å². The number of aryl methyl sites for hydroxylation is 1. The number of ether oxygens (including phenoxy) is 1. The fourth-order valence-electron chi connectivity index (χ4n) is 2.32. The van der Waals surface area contributed by atoms with Gasteiger partial charge in [0.2, 0.25) is 0 Å². The highest BCUT2D eigenvalue weighted by atomic mass is 32.2. The summed E-state index contributed by atoms with van der Waals surface area (Å²) in [7, 11) is -3.43. The second-order valence-corrected chi connectivity index (χ2v) is 7.85. The quantitative estimate of drug-likeness (QED) is 0.895. The first-order chi connectivity index (χ1) is 9.81. The largest absolute Gasteiger partial charge is 0.379 e. The molecule has 5 nitrogen and oxygen atoms in total. The van der Waals surface area contributed by atoms with Crippen molar-refractivity contribution in [2.24, 2.45) is 0 Å². The summed E-state index contributed by atoms with van der Waals surface area (Å²) in [6, 6.07) is 8.18. The minimum Gasteiger partial charge on any atom is -0.379 e. The van der Waals surface area contributed by atoms with Crippen LogP contribution in [0.1, 0.15) is 25.0 Å². The fourth-order valence-corrected chi connectivity index (χ4v) is 3.67. The van der Waals surface area contributed by atoms with Crippen LogP contribution in [0.3, 0.4) is 0 Å². The molecule has 0 radical (unpaired) electrons. The van der Waals surface area contributed by atoms with Crippen LogP contribution in [0.5, 0.6) is 0 Å². The third kappa shape index (κ3) is 4.26. The summed E-state index contributed by atoms with van der Waals surface area (Å²) >= 11 is 0. The van der Waals surface area contributed by atoms with Crippen molar-refractivity contribution in [3.8, 4) is 0 Å². The van der Waals surface area contributed by atoms with Crippen molar-refractivity contribution in [3.63, 3.8) is 0 Å². The molecule has 1 heterocycles. The summed E-state index contributed by atoms with van der Waals surface area (Å²) in [6.07, 6.45) is 0. The van der Waals surface area contributed by atoms with Gasteiger partial charge in [-0.15, -0.1) is 0 Å². The molecule has 6 heteroatoms. The molecule has 0 bridgehead atoms. The highest BCUT2D eigenvalue weighted by molar-refractivity contribution is 7.87. The van der Waals surface area contributed by atoms with Crippen LogP contribution in [0, 0.1) is 6.92 Å². The van der Waals surface area contributed by atoms with Gasteiger partial charge in [-0.3, -0.25) is 0 Å². The predicted octanol–water partition coefficient (Wildman–Crippen LogP) is 1.44. The minimum atomic E-state index is -3.43. The Bertz CT molecular complexity index is 578. The minimum absolute atomic E-state index is 0.259. The van der Waals surface area contributed by atoms with E-state index in [2.05, 4.69) is 10.8 Å². The number of rotatable bonds is 5. The SMILES string of the molecule is Cc1cccc(C(C)(C)CNS(=O)(=O)N2CCOCC2)c1. The normalized spacial score (nSPS) is 17.9. The van der Waals surface area contributed by atoms with E-state index in [0.29, 0.717) is 32.8 Å². The number of benzene rings is 1. The third-order valence-corrected chi connectivity index (χ3v) is 5.36. The maximum Gasteiger partial charge on any atom is 0.279 e.